The SMILES string of the molecule is O=[N+]([O-])c1ccc(S(=O)(=O)c2ccc(NCN3CCCCC3)cc2)cc1. The lowest BCUT2D eigenvalue weighted by atomic mass is 10.1. The highest BCUT2D eigenvalue weighted by atomic mass is 32.2. The molecule has 0 unspecified atom stereocenters. The molecule has 0 amide bonds. The predicted molar refractivity (Wildman–Crippen MR) is 98.9 cm³/mol. The Morgan fingerprint density at radius 1 is 0.923 bits per heavy atom. The largest absolute Gasteiger partial charge is 0.372 e. The van der Waals surface area contributed by atoms with Gasteiger partial charge in [-0.3, -0.25) is 15.0 Å². The first kappa shape index (κ1) is 18.3. The maximum atomic E-state index is 12.6. The third kappa shape index (κ3) is 4.20. The van der Waals surface area contributed by atoms with Crippen LogP contribution in [0.5, 0.6) is 0 Å². The summed E-state index contributed by atoms with van der Waals surface area (Å²) in [6.07, 6.45) is 3.72. The predicted octanol–water partition coefficient (Wildman–Crippen LogP) is 3.28. The van der Waals surface area contributed by atoms with Crippen molar-refractivity contribution in [3.8, 4) is 0 Å². The van der Waals surface area contributed by atoms with Crippen LogP contribution in [0.2, 0.25) is 0 Å². The van der Waals surface area contributed by atoms with Crippen molar-refractivity contribution in [1.82, 2.24) is 4.90 Å². The Hall–Kier alpha value is -2.45. The fourth-order valence-electron chi connectivity index (χ4n) is 2.96. The topological polar surface area (TPSA) is 92.5 Å². The van der Waals surface area contributed by atoms with E-state index < -0.39 is 14.8 Å². The molecular formula is C18H21N3O4S. The second kappa shape index (κ2) is 7.84. The summed E-state index contributed by atoms with van der Waals surface area (Å²) in [5, 5.41) is 14.0. The molecule has 0 aliphatic carbocycles. The lowest BCUT2D eigenvalue weighted by molar-refractivity contribution is -0.384. The molecular weight excluding hydrogens is 354 g/mol. The minimum Gasteiger partial charge on any atom is -0.372 e. The number of likely N-dealkylation sites (tertiary alicyclic amines) is 1. The number of nitrogens with zero attached hydrogens (tertiary/aromatic N) is 2. The Bertz CT molecular complexity index is 858. The second-order valence-electron chi connectivity index (χ2n) is 6.29. The summed E-state index contributed by atoms with van der Waals surface area (Å²) in [4.78, 5) is 12.7. The quantitative estimate of drug-likeness (QED) is 0.615. The third-order valence-electron chi connectivity index (χ3n) is 4.48. The number of piperidine rings is 1. The highest BCUT2D eigenvalue weighted by Gasteiger charge is 2.19. The van der Waals surface area contributed by atoms with Crippen molar-refractivity contribution in [2.45, 2.75) is 29.1 Å². The average molecular weight is 375 g/mol. The van der Waals surface area contributed by atoms with Crippen LogP contribution in [0.4, 0.5) is 11.4 Å². The van der Waals surface area contributed by atoms with Crippen molar-refractivity contribution in [3.05, 3.63) is 58.6 Å². The molecule has 0 radical (unpaired) electrons. The van der Waals surface area contributed by atoms with Crippen LogP contribution in [0.15, 0.2) is 58.3 Å². The summed E-state index contributed by atoms with van der Waals surface area (Å²) < 4.78 is 25.3. The van der Waals surface area contributed by atoms with E-state index in [9.17, 15) is 18.5 Å². The maximum Gasteiger partial charge on any atom is 0.269 e. The maximum absolute atomic E-state index is 12.6. The first-order chi connectivity index (χ1) is 12.5. The molecule has 2 aromatic carbocycles. The van der Waals surface area contributed by atoms with Gasteiger partial charge in [-0.05, 0) is 62.3 Å². The number of sulfone groups is 1. The Balaban J connectivity index is 1.69. The Labute approximate surface area is 152 Å². The van der Waals surface area contributed by atoms with Crippen molar-refractivity contribution in [2.75, 3.05) is 25.1 Å². The van der Waals surface area contributed by atoms with Gasteiger partial charge < -0.3 is 5.32 Å². The molecule has 3 rings (SSSR count). The van der Waals surface area contributed by atoms with Crippen molar-refractivity contribution >= 4 is 21.2 Å². The van der Waals surface area contributed by atoms with Gasteiger partial charge in [0.15, 0.2) is 0 Å². The highest BCUT2D eigenvalue weighted by Crippen LogP contribution is 2.24. The zero-order valence-electron chi connectivity index (χ0n) is 14.3. The summed E-state index contributed by atoms with van der Waals surface area (Å²) in [5.74, 6) is 0. The molecule has 1 saturated heterocycles. The molecule has 1 N–H and O–H groups in total. The Morgan fingerprint density at radius 3 is 2.00 bits per heavy atom. The normalized spacial score (nSPS) is 15.5. The zero-order valence-corrected chi connectivity index (χ0v) is 15.1. The van der Waals surface area contributed by atoms with Gasteiger partial charge in [0, 0.05) is 17.8 Å². The Kier molecular flexibility index (Phi) is 5.53. The van der Waals surface area contributed by atoms with Crippen LogP contribution in [0.3, 0.4) is 0 Å². The number of rotatable bonds is 6. The molecule has 7 nitrogen and oxygen atoms in total. The van der Waals surface area contributed by atoms with Gasteiger partial charge in [0.05, 0.1) is 21.4 Å². The first-order valence-corrected chi connectivity index (χ1v) is 10.0. The van der Waals surface area contributed by atoms with Gasteiger partial charge in [0.1, 0.15) is 0 Å². The number of non-ortho nitro benzene ring substituents is 1. The highest BCUT2D eigenvalue weighted by molar-refractivity contribution is 7.91. The van der Waals surface area contributed by atoms with Crippen LogP contribution in [0.1, 0.15) is 19.3 Å². The van der Waals surface area contributed by atoms with Crippen LogP contribution >= 0.6 is 0 Å². The van der Waals surface area contributed by atoms with Gasteiger partial charge in [-0.2, -0.15) is 0 Å². The van der Waals surface area contributed by atoms with E-state index in [4.69, 9.17) is 0 Å². The minimum atomic E-state index is -3.69. The molecule has 0 spiro atoms. The van der Waals surface area contributed by atoms with Crippen molar-refractivity contribution in [1.29, 1.82) is 0 Å². The Morgan fingerprint density at radius 2 is 1.46 bits per heavy atom. The van der Waals surface area contributed by atoms with E-state index in [1.807, 2.05) is 0 Å². The van der Waals surface area contributed by atoms with E-state index in [0.717, 1.165) is 25.4 Å². The summed E-state index contributed by atoms with van der Waals surface area (Å²) in [6.45, 7) is 2.91. The molecule has 0 saturated carbocycles. The molecule has 1 heterocycles. The van der Waals surface area contributed by atoms with Gasteiger partial charge in [0.25, 0.3) is 5.69 Å². The molecule has 0 aromatic heterocycles. The molecule has 1 fully saturated rings. The van der Waals surface area contributed by atoms with Crippen molar-refractivity contribution < 1.29 is 13.3 Å². The number of nitrogens with one attached hydrogen (secondary N) is 1. The first-order valence-electron chi connectivity index (χ1n) is 8.53. The van der Waals surface area contributed by atoms with Gasteiger partial charge >= 0.3 is 0 Å². The monoisotopic (exact) mass is 375 g/mol. The lowest BCUT2D eigenvalue weighted by Crippen LogP contribution is -2.34. The summed E-state index contributed by atoms with van der Waals surface area (Å²) in [7, 11) is -3.69. The van der Waals surface area contributed by atoms with E-state index in [1.54, 1.807) is 24.3 Å². The number of nitro groups is 1. The standard InChI is InChI=1S/C18H21N3O4S/c22-21(23)16-6-10-18(11-7-16)26(24,25)17-8-4-15(5-9-17)19-14-20-12-2-1-3-13-20/h4-11,19H,1-3,12-14H2. The fraction of sp³-hybridized carbons (Fsp3) is 0.333. The third-order valence-corrected chi connectivity index (χ3v) is 6.26. The van der Waals surface area contributed by atoms with E-state index in [1.165, 1.54) is 43.5 Å². The zero-order chi connectivity index (χ0) is 18.6. The number of nitro benzene ring substituents is 1. The molecule has 0 atom stereocenters. The average Bonchev–Trinajstić information content (AvgIpc) is 2.67. The molecule has 0 bridgehead atoms. The van der Waals surface area contributed by atoms with Crippen LogP contribution in [-0.4, -0.2) is 38.0 Å². The molecule has 1 aliphatic rings. The van der Waals surface area contributed by atoms with Gasteiger partial charge in [-0.15, -0.1) is 0 Å². The van der Waals surface area contributed by atoms with Crippen LogP contribution in [0, 0.1) is 10.1 Å². The van der Waals surface area contributed by atoms with E-state index >= 15 is 0 Å². The smallest absolute Gasteiger partial charge is 0.269 e. The molecule has 26 heavy (non-hydrogen) atoms. The molecule has 1 aliphatic heterocycles. The van der Waals surface area contributed by atoms with E-state index in [2.05, 4.69) is 10.2 Å². The summed E-state index contributed by atoms with van der Waals surface area (Å²) >= 11 is 0. The molecule has 2 aromatic rings. The number of benzene rings is 2. The van der Waals surface area contributed by atoms with Gasteiger partial charge in [0.2, 0.25) is 9.84 Å². The molecule has 8 heteroatoms. The minimum absolute atomic E-state index is 0.0390. The molecule has 138 valence electrons. The van der Waals surface area contributed by atoms with Crippen LogP contribution in [-0.2, 0) is 9.84 Å². The van der Waals surface area contributed by atoms with Gasteiger partial charge in [-0.1, -0.05) is 6.42 Å². The van der Waals surface area contributed by atoms with E-state index in [-0.39, 0.29) is 15.5 Å². The summed E-state index contributed by atoms with van der Waals surface area (Å²) in [6, 6.07) is 11.5. The number of hydrogen-bond donors (Lipinski definition) is 1. The van der Waals surface area contributed by atoms with Gasteiger partial charge in [-0.25, -0.2) is 8.42 Å². The second-order valence-corrected chi connectivity index (χ2v) is 8.24. The van der Waals surface area contributed by atoms with E-state index in [0.29, 0.717) is 0 Å². The van der Waals surface area contributed by atoms with Crippen LogP contribution < -0.4 is 5.32 Å². The number of hydrogen-bond acceptors (Lipinski definition) is 6. The fourth-order valence-corrected chi connectivity index (χ4v) is 4.22. The summed E-state index contributed by atoms with van der Waals surface area (Å²) in [5.41, 5.74) is 0.722. The van der Waals surface area contributed by atoms with Crippen molar-refractivity contribution in [2.24, 2.45) is 0 Å². The number of anilines is 1. The van der Waals surface area contributed by atoms with Crippen molar-refractivity contribution in [3.63, 3.8) is 0 Å². The van der Waals surface area contributed by atoms with Crippen LogP contribution in [0.25, 0.3) is 0 Å². The lowest BCUT2D eigenvalue weighted by Gasteiger charge is -2.26.